The second kappa shape index (κ2) is 8.64. The molecule has 0 atom stereocenters. The number of aryl methyl sites for hydroxylation is 1. The average Bonchev–Trinajstić information content (AvgIpc) is 2.43. The highest BCUT2D eigenvalue weighted by molar-refractivity contribution is 8.69. The first kappa shape index (κ1) is 19.9. The van der Waals surface area contributed by atoms with Gasteiger partial charge in [-0.05, 0) is 29.9 Å². The highest BCUT2D eigenvalue weighted by Crippen LogP contribution is 2.10. The Morgan fingerprint density at radius 1 is 1.26 bits per heavy atom. The van der Waals surface area contributed by atoms with Crippen LogP contribution < -0.4 is 10.5 Å². The van der Waals surface area contributed by atoms with E-state index in [0.29, 0.717) is 10.8 Å². The topological polar surface area (TPSA) is 139 Å². The zero-order valence-electron chi connectivity index (χ0n) is 12.5. The summed E-state index contributed by atoms with van der Waals surface area (Å²) in [6.45, 7) is 2.05. The molecule has 0 amide bonds. The SMILES string of the molecule is Cc1ccc(S(=O)(=O)NCCC(N)=NCCSS(=O)(=O)O)cc1. The molecule has 0 aliphatic heterocycles. The number of rotatable bonds is 9. The molecule has 0 aliphatic rings. The van der Waals surface area contributed by atoms with E-state index in [4.69, 9.17) is 10.3 Å². The first-order valence-electron chi connectivity index (χ1n) is 6.57. The van der Waals surface area contributed by atoms with Gasteiger partial charge in [0.1, 0.15) is 0 Å². The minimum absolute atomic E-state index is 0.0641. The van der Waals surface area contributed by atoms with Gasteiger partial charge in [0.05, 0.1) is 17.3 Å². The van der Waals surface area contributed by atoms with Crippen LogP contribution in [-0.2, 0) is 19.2 Å². The smallest absolute Gasteiger partial charge is 0.319 e. The minimum Gasteiger partial charge on any atom is -0.387 e. The Kier molecular flexibility index (Phi) is 7.48. The highest BCUT2D eigenvalue weighted by atomic mass is 33.1. The summed E-state index contributed by atoms with van der Waals surface area (Å²) in [6, 6.07) is 6.44. The minimum atomic E-state index is -4.08. The number of nitrogens with two attached hydrogens (primary N) is 1. The number of hydrogen-bond acceptors (Lipinski definition) is 6. The number of aliphatic imine (C=N–C) groups is 1. The van der Waals surface area contributed by atoms with Crippen LogP contribution in [0.5, 0.6) is 0 Å². The molecular formula is C12H19N3O5S3. The lowest BCUT2D eigenvalue weighted by molar-refractivity contribution is 0.503. The van der Waals surface area contributed by atoms with Crippen LogP contribution in [0.3, 0.4) is 0 Å². The molecule has 11 heteroatoms. The maximum atomic E-state index is 12.0. The van der Waals surface area contributed by atoms with Crippen molar-refractivity contribution in [3.63, 3.8) is 0 Å². The van der Waals surface area contributed by atoms with Gasteiger partial charge in [-0.3, -0.25) is 9.55 Å². The molecule has 1 aromatic carbocycles. The maximum absolute atomic E-state index is 12.0. The summed E-state index contributed by atoms with van der Waals surface area (Å²) in [5.74, 6) is 0.266. The van der Waals surface area contributed by atoms with Gasteiger partial charge in [-0.15, -0.1) is 0 Å². The molecule has 0 saturated heterocycles. The van der Waals surface area contributed by atoms with Gasteiger partial charge < -0.3 is 5.73 Å². The van der Waals surface area contributed by atoms with Crippen molar-refractivity contribution in [1.29, 1.82) is 0 Å². The van der Waals surface area contributed by atoms with E-state index in [9.17, 15) is 16.8 Å². The van der Waals surface area contributed by atoms with Gasteiger partial charge in [-0.1, -0.05) is 17.7 Å². The second-order valence-electron chi connectivity index (χ2n) is 4.58. The Bertz CT molecular complexity index is 743. The second-order valence-corrected chi connectivity index (χ2v) is 9.82. The molecule has 1 rings (SSSR count). The van der Waals surface area contributed by atoms with E-state index in [0.717, 1.165) is 5.56 Å². The molecule has 8 nitrogen and oxygen atoms in total. The molecule has 0 unspecified atom stereocenters. The van der Waals surface area contributed by atoms with Crippen LogP contribution in [0.1, 0.15) is 12.0 Å². The molecule has 23 heavy (non-hydrogen) atoms. The fraction of sp³-hybridized carbons (Fsp3) is 0.417. The molecule has 0 bridgehead atoms. The summed E-state index contributed by atoms with van der Waals surface area (Å²) in [4.78, 5) is 4.06. The normalized spacial score (nSPS) is 13.2. The van der Waals surface area contributed by atoms with E-state index in [1.807, 2.05) is 6.92 Å². The number of hydrogen-bond donors (Lipinski definition) is 3. The lowest BCUT2D eigenvalue weighted by Crippen LogP contribution is -2.28. The van der Waals surface area contributed by atoms with Crippen molar-refractivity contribution in [2.24, 2.45) is 10.7 Å². The van der Waals surface area contributed by atoms with Crippen molar-refractivity contribution in [2.75, 3.05) is 18.8 Å². The molecule has 0 heterocycles. The largest absolute Gasteiger partial charge is 0.387 e. The van der Waals surface area contributed by atoms with E-state index < -0.39 is 19.2 Å². The van der Waals surface area contributed by atoms with Gasteiger partial charge in [0.25, 0.3) is 0 Å². The van der Waals surface area contributed by atoms with E-state index >= 15 is 0 Å². The fourth-order valence-corrected chi connectivity index (χ4v) is 3.79. The average molecular weight is 382 g/mol. The standard InChI is InChI=1S/C12H19N3O5S3/c1-10-2-4-11(5-3-10)22(16,17)15-7-6-12(13)14-8-9-21-23(18,19)20/h2-5,15H,6-9H2,1H3,(H2,13,14)(H,18,19,20). The van der Waals surface area contributed by atoms with Crippen LogP contribution in [0, 0.1) is 6.92 Å². The molecule has 0 aliphatic carbocycles. The van der Waals surface area contributed by atoms with Crippen molar-refractivity contribution >= 4 is 35.8 Å². The van der Waals surface area contributed by atoms with E-state index in [2.05, 4.69) is 9.71 Å². The first-order chi connectivity index (χ1) is 10.6. The molecule has 0 fully saturated rings. The molecule has 0 saturated carbocycles. The summed E-state index contributed by atoms with van der Waals surface area (Å²) in [5, 5.41) is 0. The first-order valence-corrected chi connectivity index (χ1v) is 11.0. The molecule has 0 spiro atoms. The van der Waals surface area contributed by atoms with Crippen LogP contribution in [0.25, 0.3) is 0 Å². The molecule has 130 valence electrons. The molecule has 1 aromatic rings. The fourth-order valence-electron chi connectivity index (χ4n) is 1.53. The molecule has 0 radical (unpaired) electrons. The van der Waals surface area contributed by atoms with Crippen molar-refractivity contribution in [3.05, 3.63) is 29.8 Å². The van der Waals surface area contributed by atoms with Gasteiger partial charge in [0.15, 0.2) is 0 Å². The summed E-state index contributed by atoms with van der Waals surface area (Å²) in [5.41, 5.74) is 6.57. The number of amidine groups is 1. The lowest BCUT2D eigenvalue weighted by atomic mass is 10.2. The Morgan fingerprint density at radius 2 is 1.87 bits per heavy atom. The van der Waals surface area contributed by atoms with E-state index in [1.54, 1.807) is 12.1 Å². The van der Waals surface area contributed by atoms with Crippen LogP contribution in [0.4, 0.5) is 0 Å². The summed E-state index contributed by atoms with van der Waals surface area (Å²) in [6.07, 6.45) is 0.196. The predicted octanol–water partition coefficient (Wildman–Crippen LogP) is 0.557. The quantitative estimate of drug-likeness (QED) is 0.187. The van der Waals surface area contributed by atoms with E-state index in [1.165, 1.54) is 12.1 Å². The summed E-state index contributed by atoms with van der Waals surface area (Å²) in [7, 11) is -7.32. The zero-order chi connectivity index (χ0) is 17.5. The Balaban J connectivity index is 2.41. The predicted molar refractivity (Wildman–Crippen MR) is 91.5 cm³/mol. The number of benzene rings is 1. The molecule has 4 N–H and O–H groups in total. The Labute approximate surface area is 139 Å². The van der Waals surface area contributed by atoms with Crippen molar-refractivity contribution < 1.29 is 21.4 Å². The van der Waals surface area contributed by atoms with Gasteiger partial charge in [-0.25, -0.2) is 13.1 Å². The van der Waals surface area contributed by atoms with Gasteiger partial charge in [-0.2, -0.15) is 8.42 Å². The molecular weight excluding hydrogens is 362 g/mol. The summed E-state index contributed by atoms with van der Waals surface area (Å²) >= 11 is 0. The third-order valence-corrected chi connectivity index (χ3v) is 6.16. The maximum Gasteiger partial charge on any atom is 0.319 e. The number of nitrogens with one attached hydrogen (secondary N) is 1. The highest BCUT2D eigenvalue weighted by Gasteiger charge is 2.12. The van der Waals surface area contributed by atoms with Crippen LogP contribution >= 0.6 is 10.8 Å². The number of sulfonamides is 1. The number of nitrogens with zero attached hydrogens (tertiary/aromatic N) is 1. The van der Waals surface area contributed by atoms with E-state index in [-0.39, 0.29) is 36.0 Å². The monoisotopic (exact) mass is 381 g/mol. The Hall–Kier alpha value is -1.14. The summed E-state index contributed by atoms with van der Waals surface area (Å²) < 4.78 is 55.9. The van der Waals surface area contributed by atoms with Crippen LogP contribution in [-0.4, -0.2) is 46.1 Å². The van der Waals surface area contributed by atoms with Gasteiger partial charge >= 0.3 is 9.15 Å². The van der Waals surface area contributed by atoms with Crippen LogP contribution in [0.2, 0.25) is 0 Å². The van der Waals surface area contributed by atoms with Gasteiger partial charge in [0.2, 0.25) is 10.0 Å². The van der Waals surface area contributed by atoms with Gasteiger partial charge in [0, 0.05) is 18.7 Å². The van der Waals surface area contributed by atoms with Crippen molar-refractivity contribution in [2.45, 2.75) is 18.2 Å². The third kappa shape index (κ3) is 8.32. The molecule has 0 aromatic heterocycles. The van der Waals surface area contributed by atoms with Crippen molar-refractivity contribution in [3.8, 4) is 0 Å². The van der Waals surface area contributed by atoms with Crippen LogP contribution in [0.15, 0.2) is 34.2 Å². The third-order valence-electron chi connectivity index (χ3n) is 2.64. The lowest BCUT2D eigenvalue weighted by Gasteiger charge is -2.07. The van der Waals surface area contributed by atoms with Crippen molar-refractivity contribution in [1.82, 2.24) is 4.72 Å². The zero-order valence-corrected chi connectivity index (χ0v) is 14.9. The Morgan fingerprint density at radius 3 is 2.43 bits per heavy atom.